The number of allylic oxidation sites excluding steroid dienone is 1. The highest BCUT2D eigenvalue weighted by Gasteiger charge is 2.55. The van der Waals surface area contributed by atoms with Crippen molar-refractivity contribution in [2.75, 3.05) is 5.75 Å². The van der Waals surface area contributed by atoms with Crippen LogP contribution in [0.25, 0.3) is 17.6 Å². The molecule has 2 heterocycles. The van der Waals surface area contributed by atoms with Gasteiger partial charge in [0.2, 0.25) is 0 Å². The standard InChI is InChI=1S/C19H20F5N3O2S/c1-4-30(28,29)14-9-12(17(2)7-8-17)10-25-15(14)16-26-11-13(27(16)3)5-6-18(20,21)19(22,23)24/h5-6,9-11H,4,7-8H2,1-3H3/b6-5+. The van der Waals surface area contributed by atoms with Gasteiger partial charge in [-0.2, -0.15) is 22.0 Å². The molecule has 3 rings (SSSR count). The lowest BCUT2D eigenvalue weighted by atomic mass is 10.0. The van der Waals surface area contributed by atoms with Gasteiger partial charge in [-0.05, 0) is 42.0 Å². The van der Waals surface area contributed by atoms with Crippen LogP contribution in [0.5, 0.6) is 0 Å². The van der Waals surface area contributed by atoms with Crippen molar-refractivity contribution in [3.63, 3.8) is 0 Å². The summed E-state index contributed by atoms with van der Waals surface area (Å²) in [6, 6.07) is 1.55. The zero-order chi connectivity index (χ0) is 22.5. The van der Waals surface area contributed by atoms with E-state index in [4.69, 9.17) is 0 Å². The molecule has 30 heavy (non-hydrogen) atoms. The summed E-state index contributed by atoms with van der Waals surface area (Å²) in [5.74, 6) is -5.14. The van der Waals surface area contributed by atoms with Crippen LogP contribution in [0.3, 0.4) is 0 Å². The van der Waals surface area contributed by atoms with E-state index in [0.717, 1.165) is 24.6 Å². The van der Waals surface area contributed by atoms with Crippen molar-refractivity contribution < 1.29 is 30.4 Å². The van der Waals surface area contributed by atoms with Crippen molar-refractivity contribution in [3.8, 4) is 11.5 Å². The quantitative estimate of drug-likeness (QED) is 0.608. The fourth-order valence-electron chi connectivity index (χ4n) is 2.89. The molecule has 0 bridgehead atoms. The fourth-order valence-corrected chi connectivity index (χ4v) is 3.95. The van der Waals surface area contributed by atoms with E-state index in [2.05, 4.69) is 9.97 Å². The van der Waals surface area contributed by atoms with Crippen LogP contribution in [-0.4, -0.2) is 40.8 Å². The number of nitrogens with zero attached hydrogens (tertiary/aromatic N) is 3. The molecule has 0 aromatic carbocycles. The summed E-state index contributed by atoms with van der Waals surface area (Å²) in [5.41, 5.74) is 0.600. The van der Waals surface area contributed by atoms with Gasteiger partial charge in [-0.25, -0.2) is 13.4 Å². The Balaban J connectivity index is 2.07. The molecule has 2 aromatic heterocycles. The Morgan fingerprint density at radius 3 is 2.33 bits per heavy atom. The third kappa shape index (κ3) is 3.99. The number of hydrogen-bond acceptors (Lipinski definition) is 4. The Morgan fingerprint density at radius 2 is 1.80 bits per heavy atom. The maximum atomic E-state index is 13.2. The first-order valence-electron chi connectivity index (χ1n) is 9.11. The van der Waals surface area contributed by atoms with Gasteiger partial charge in [0.05, 0.1) is 22.5 Å². The van der Waals surface area contributed by atoms with Crippen LogP contribution >= 0.6 is 0 Å². The van der Waals surface area contributed by atoms with Gasteiger partial charge in [0.1, 0.15) is 5.69 Å². The Hall–Kier alpha value is -2.30. The fraction of sp³-hybridized carbons (Fsp3) is 0.474. The van der Waals surface area contributed by atoms with Gasteiger partial charge in [-0.15, -0.1) is 0 Å². The lowest BCUT2D eigenvalue weighted by molar-refractivity contribution is -0.258. The number of imidazole rings is 1. The second-order valence-electron chi connectivity index (χ2n) is 7.55. The Morgan fingerprint density at radius 1 is 1.17 bits per heavy atom. The van der Waals surface area contributed by atoms with Crippen molar-refractivity contribution in [3.05, 3.63) is 35.8 Å². The number of rotatable bonds is 6. The molecule has 1 aliphatic rings. The summed E-state index contributed by atoms with van der Waals surface area (Å²) in [4.78, 5) is 8.26. The molecule has 0 unspecified atom stereocenters. The first-order chi connectivity index (χ1) is 13.7. The number of aromatic nitrogens is 3. The topological polar surface area (TPSA) is 64.8 Å². The summed E-state index contributed by atoms with van der Waals surface area (Å²) in [6.07, 6.45) is -0.935. The summed E-state index contributed by atoms with van der Waals surface area (Å²) >= 11 is 0. The molecule has 1 fully saturated rings. The first kappa shape index (κ1) is 22.4. The van der Waals surface area contributed by atoms with Crippen LogP contribution in [0.1, 0.15) is 37.9 Å². The van der Waals surface area contributed by atoms with E-state index in [1.54, 1.807) is 12.3 Å². The molecule has 164 valence electrons. The third-order valence-electron chi connectivity index (χ3n) is 5.34. The maximum Gasteiger partial charge on any atom is 0.457 e. The van der Waals surface area contributed by atoms with Gasteiger partial charge < -0.3 is 4.57 Å². The first-order valence-corrected chi connectivity index (χ1v) is 10.8. The van der Waals surface area contributed by atoms with E-state index in [-0.39, 0.29) is 39.4 Å². The van der Waals surface area contributed by atoms with Crippen LogP contribution in [0, 0.1) is 0 Å². The largest absolute Gasteiger partial charge is 0.457 e. The zero-order valence-corrected chi connectivity index (χ0v) is 17.3. The molecule has 1 saturated carbocycles. The smallest absolute Gasteiger partial charge is 0.326 e. The Kier molecular flexibility index (Phi) is 5.33. The van der Waals surface area contributed by atoms with E-state index in [1.807, 2.05) is 6.92 Å². The van der Waals surface area contributed by atoms with Gasteiger partial charge in [0.25, 0.3) is 0 Å². The lowest BCUT2D eigenvalue weighted by Gasteiger charge is -2.15. The van der Waals surface area contributed by atoms with Crippen LogP contribution < -0.4 is 0 Å². The second-order valence-corrected chi connectivity index (χ2v) is 9.80. The molecule has 0 spiro atoms. The van der Waals surface area contributed by atoms with Crippen LogP contribution in [0.15, 0.2) is 29.4 Å². The predicted molar refractivity (Wildman–Crippen MR) is 101 cm³/mol. The van der Waals surface area contributed by atoms with Gasteiger partial charge in [0.15, 0.2) is 15.7 Å². The number of pyridine rings is 1. The van der Waals surface area contributed by atoms with Crippen molar-refractivity contribution >= 4 is 15.9 Å². The highest BCUT2D eigenvalue weighted by Crippen LogP contribution is 2.48. The Bertz CT molecular complexity index is 1100. The molecule has 0 radical (unpaired) electrons. The molecular weight excluding hydrogens is 429 g/mol. The third-order valence-corrected chi connectivity index (χ3v) is 7.08. The number of alkyl halides is 5. The SMILES string of the molecule is CCS(=O)(=O)c1cc(C2(C)CC2)cnc1-c1ncc(/C=C/C(F)(F)C(F)(F)F)n1C. The number of sulfone groups is 1. The van der Waals surface area contributed by atoms with Crippen molar-refractivity contribution in [1.82, 2.24) is 14.5 Å². The highest BCUT2D eigenvalue weighted by atomic mass is 32.2. The zero-order valence-electron chi connectivity index (χ0n) is 16.5. The van der Waals surface area contributed by atoms with Crippen molar-refractivity contribution in [2.45, 2.75) is 49.1 Å². The maximum absolute atomic E-state index is 13.2. The van der Waals surface area contributed by atoms with E-state index in [0.29, 0.717) is 6.08 Å². The molecule has 0 aliphatic heterocycles. The van der Waals surface area contributed by atoms with E-state index < -0.39 is 21.9 Å². The monoisotopic (exact) mass is 449 g/mol. The second kappa shape index (κ2) is 7.14. The molecule has 0 saturated heterocycles. The number of hydrogen-bond donors (Lipinski definition) is 0. The summed E-state index contributed by atoms with van der Waals surface area (Å²) in [7, 11) is -2.31. The minimum Gasteiger partial charge on any atom is -0.326 e. The van der Waals surface area contributed by atoms with Crippen LogP contribution in [-0.2, 0) is 22.3 Å². The van der Waals surface area contributed by atoms with E-state index in [1.165, 1.54) is 18.5 Å². The molecule has 0 atom stereocenters. The van der Waals surface area contributed by atoms with Crippen molar-refractivity contribution in [2.24, 2.45) is 7.05 Å². The molecule has 0 N–H and O–H groups in total. The van der Waals surface area contributed by atoms with Crippen LogP contribution in [0.4, 0.5) is 22.0 Å². The average molecular weight is 449 g/mol. The normalized spacial score (nSPS) is 16.9. The highest BCUT2D eigenvalue weighted by molar-refractivity contribution is 7.91. The average Bonchev–Trinajstić information content (AvgIpc) is 3.31. The van der Waals surface area contributed by atoms with E-state index >= 15 is 0 Å². The molecule has 2 aromatic rings. The molecule has 1 aliphatic carbocycles. The molecular formula is C19H20F5N3O2S. The van der Waals surface area contributed by atoms with Gasteiger partial charge in [-0.1, -0.05) is 13.8 Å². The van der Waals surface area contributed by atoms with E-state index in [9.17, 15) is 30.4 Å². The number of halogens is 5. The van der Waals surface area contributed by atoms with Crippen LogP contribution in [0.2, 0.25) is 0 Å². The minimum atomic E-state index is -5.72. The van der Waals surface area contributed by atoms with Gasteiger partial charge in [0, 0.05) is 13.2 Å². The van der Waals surface area contributed by atoms with Crippen molar-refractivity contribution in [1.29, 1.82) is 0 Å². The summed E-state index contributed by atoms with van der Waals surface area (Å²) in [5, 5.41) is 0. The predicted octanol–water partition coefficient (Wildman–Crippen LogP) is 4.54. The molecule has 5 nitrogen and oxygen atoms in total. The Labute approximate surface area is 170 Å². The summed E-state index contributed by atoms with van der Waals surface area (Å²) < 4.78 is 90.0. The van der Waals surface area contributed by atoms with Gasteiger partial charge >= 0.3 is 12.1 Å². The minimum absolute atomic E-state index is 0.0228. The summed E-state index contributed by atoms with van der Waals surface area (Å²) in [6.45, 7) is 3.48. The lowest BCUT2D eigenvalue weighted by Crippen LogP contribution is -2.33. The molecule has 11 heteroatoms. The molecule has 0 amide bonds. The van der Waals surface area contributed by atoms with Gasteiger partial charge in [-0.3, -0.25) is 4.98 Å².